The van der Waals surface area contributed by atoms with Crippen LogP contribution in [0.3, 0.4) is 0 Å². The van der Waals surface area contributed by atoms with E-state index in [1.165, 1.54) is 44.9 Å². The van der Waals surface area contributed by atoms with Crippen LogP contribution in [0.5, 0.6) is 0 Å². The van der Waals surface area contributed by atoms with Crippen molar-refractivity contribution in [2.75, 3.05) is 0 Å². The average Bonchev–Trinajstić information content (AvgIpc) is 2.77. The summed E-state index contributed by atoms with van der Waals surface area (Å²) in [5.74, 6) is 0. The molecule has 2 aliphatic rings. The largest absolute Gasteiger partial charge is 0.290 e. The minimum absolute atomic E-state index is 0.692. The van der Waals surface area contributed by atoms with E-state index in [-0.39, 0.29) is 0 Å². The lowest BCUT2D eigenvalue weighted by atomic mass is 10.2. The number of nitrogens with zero attached hydrogens (tertiary/aromatic N) is 1. The number of aliphatic imine (C=N–C) groups is 1. The third kappa shape index (κ3) is 3.62. The summed E-state index contributed by atoms with van der Waals surface area (Å²) in [6, 6.07) is 0.692. The SMILES string of the molecule is C[Si](C)(C)SC1CCC/C1=N\C1CCCC1. The van der Waals surface area contributed by atoms with Gasteiger partial charge in [0.25, 0.3) is 0 Å². The second kappa shape index (κ2) is 5.26. The Hall–Kier alpha value is 0.237. The minimum atomic E-state index is -0.984. The lowest BCUT2D eigenvalue weighted by Gasteiger charge is -2.22. The Morgan fingerprint density at radius 1 is 1.06 bits per heavy atom. The van der Waals surface area contributed by atoms with E-state index in [1.807, 2.05) is 0 Å². The van der Waals surface area contributed by atoms with Crippen molar-refractivity contribution < 1.29 is 0 Å². The first-order chi connectivity index (χ1) is 7.54. The highest BCUT2D eigenvalue weighted by Crippen LogP contribution is 2.35. The van der Waals surface area contributed by atoms with Crippen molar-refractivity contribution >= 4 is 24.1 Å². The standard InChI is InChI=1S/C13H25NSSi/c1-16(2,3)15-13-10-6-9-12(13)14-11-7-4-5-8-11/h11,13H,4-10H2,1-3H3/b14-12+. The first kappa shape index (κ1) is 12.7. The van der Waals surface area contributed by atoms with E-state index in [0.29, 0.717) is 6.04 Å². The van der Waals surface area contributed by atoms with Crippen LogP contribution in [-0.2, 0) is 0 Å². The van der Waals surface area contributed by atoms with E-state index in [9.17, 15) is 0 Å². The van der Waals surface area contributed by atoms with Gasteiger partial charge in [0, 0.05) is 17.0 Å². The van der Waals surface area contributed by atoms with Crippen molar-refractivity contribution in [3.05, 3.63) is 0 Å². The summed E-state index contributed by atoms with van der Waals surface area (Å²) in [5.41, 5.74) is 1.57. The summed E-state index contributed by atoms with van der Waals surface area (Å²) >= 11 is 2.26. The van der Waals surface area contributed by atoms with Gasteiger partial charge in [0.2, 0.25) is 0 Å². The molecule has 0 amide bonds. The fraction of sp³-hybridized carbons (Fsp3) is 0.923. The van der Waals surface area contributed by atoms with Gasteiger partial charge in [-0.3, -0.25) is 4.99 Å². The van der Waals surface area contributed by atoms with Crippen LogP contribution in [0.15, 0.2) is 4.99 Å². The molecule has 0 aromatic carbocycles. The highest BCUT2D eigenvalue weighted by Gasteiger charge is 2.29. The first-order valence-electron chi connectivity index (χ1n) is 6.79. The van der Waals surface area contributed by atoms with Gasteiger partial charge >= 0.3 is 0 Å². The Morgan fingerprint density at radius 2 is 1.75 bits per heavy atom. The summed E-state index contributed by atoms with van der Waals surface area (Å²) in [5, 5.41) is 0.785. The molecule has 1 atom stereocenters. The van der Waals surface area contributed by atoms with Gasteiger partial charge in [0.15, 0.2) is 0 Å². The maximum Gasteiger partial charge on any atom is 0.109 e. The summed E-state index contributed by atoms with van der Waals surface area (Å²) in [6.07, 6.45) is 9.59. The third-order valence-corrected chi connectivity index (χ3v) is 7.91. The van der Waals surface area contributed by atoms with E-state index in [2.05, 4.69) is 30.9 Å². The summed E-state index contributed by atoms with van der Waals surface area (Å²) < 4.78 is 0. The highest BCUT2D eigenvalue weighted by atomic mass is 32.4. The molecule has 0 spiro atoms. The third-order valence-electron chi connectivity index (χ3n) is 3.44. The maximum absolute atomic E-state index is 5.06. The van der Waals surface area contributed by atoms with Crippen LogP contribution in [0, 0.1) is 0 Å². The van der Waals surface area contributed by atoms with Gasteiger partial charge in [-0.2, -0.15) is 11.2 Å². The Morgan fingerprint density at radius 3 is 2.38 bits per heavy atom. The van der Waals surface area contributed by atoms with Gasteiger partial charge in [-0.15, -0.1) is 0 Å². The van der Waals surface area contributed by atoms with Crippen LogP contribution in [0.2, 0.25) is 19.6 Å². The zero-order valence-electron chi connectivity index (χ0n) is 11.0. The second-order valence-electron chi connectivity index (χ2n) is 6.17. The molecular formula is C13H25NSSi. The lowest BCUT2D eigenvalue weighted by Crippen LogP contribution is -2.23. The molecule has 2 aliphatic carbocycles. The molecule has 2 fully saturated rings. The average molecular weight is 256 g/mol. The van der Waals surface area contributed by atoms with Crippen molar-refractivity contribution in [2.45, 2.75) is 75.9 Å². The normalized spacial score (nSPS) is 30.4. The molecule has 92 valence electrons. The fourth-order valence-electron chi connectivity index (χ4n) is 2.77. The highest BCUT2D eigenvalue weighted by molar-refractivity contribution is 8.29. The van der Waals surface area contributed by atoms with Crippen LogP contribution in [-0.4, -0.2) is 24.2 Å². The summed E-state index contributed by atoms with van der Waals surface area (Å²) in [7, 11) is -0.984. The smallest absolute Gasteiger partial charge is 0.109 e. The van der Waals surface area contributed by atoms with Crippen LogP contribution < -0.4 is 0 Å². The molecule has 0 radical (unpaired) electrons. The Labute approximate surface area is 105 Å². The molecule has 0 saturated heterocycles. The van der Waals surface area contributed by atoms with Gasteiger partial charge in [-0.1, -0.05) is 32.5 Å². The predicted molar refractivity (Wildman–Crippen MR) is 78.3 cm³/mol. The van der Waals surface area contributed by atoms with E-state index in [4.69, 9.17) is 4.99 Å². The zero-order chi connectivity index (χ0) is 11.6. The minimum Gasteiger partial charge on any atom is -0.290 e. The number of rotatable bonds is 3. The molecule has 3 heteroatoms. The summed E-state index contributed by atoms with van der Waals surface area (Å²) in [6.45, 7) is 7.38. The van der Waals surface area contributed by atoms with Crippen molar-refractivity contribution in [3.63, 3.8) is 0 Å². The molecule has 1 nitrogen and oxygen atoms in total. The van der Waals surface area contributed by atoms with Gasteiger partial charge in [0.1, 0.15) is 7.22 Å². The Balaban J connectivity index is 1.97. The molecule has 0 aromatic heterocycles. The molecule has 0 N–H and O–H groups in total. The molecule has 0 aromatic rings. The van der Waals surface area contributed by atoms with Crippen molar-refractivity contribution in [1.29, 1.82) is 0 Å². The molecule has 0 bridgehead atoms. The number of hydrogen-bond donors (Lipinski definition) is 0. The Bertz CT molecular complexity index is 264. The molecule has 0 aliphatic heterocycles. The fourth-order valence-corrected chi connectivity index (χ4v) is 7.54. The van der Waals surface area contributed by atoms with Crippen molar-refractivity contribution in [1.82, 2.24) is 0 Å². The van der Waals surface area contributed by atoms with Gasteiger partial charge in [-0.25, -0.2) is 0 Å². The quantitative estimate of drug-likeness (QED) is 0.677. The van der Waals surface area contributed by atoms with Crippen molar-refractivity contribution in [2.24, 2.45) is 4.99 Å². The van der Waals surface area contributed by atoms with Gasteiger partial charge < -0.3 is 0 Å². The van der Waals surface area contributed by atoms with Crippen LogP contribution in [0.4, 0.5) is 0 Å². The Kier molecular flexibility index (Phi) is 4.17. The monoisotopic (exact) mass is 255 g/mol. The first-order valence-corrected chi connectivity index (χ1v) is 11.9. The maximum atomic E-state index is 5.06. The second-order valence-corrected chi connectivity index (χ2v) is 15.6. The molecule has 2 saturated carbocycles. The zero-order valence-corrected chi connectivity index (χ0v) is 12.8. The summed E-state index contributed by atoms with van der Waals surface area (Å²) in [4.78, 5) is 5.06. The van der Waals surface area contributed by atoms with Crippen LogP contribution in [0.1, 0.15) is 44.9 Å². The van der Waals surface area contributed by atoms with E-state index >= 15 is 0 Å². The van der Waals surface area contributed by atoms with Crippen LogP contribution >= 0.6 is 11.2 Å². The van der Waals surface area contributed by atoms with Crippen LogP contribution in [0.25, 0.3) is 0 Å². The van der Waals surface area contributed by atoms with Gasteiger partial charge in [-0.05, 0) is 32.1 Å². The molecular weight excluding hydrogens is 230 g/mol. The predicted octanol–water partition coefficient (Wildman–Crippen LogP) is 4.49. The molecule has 16 heavy (non-hydrogen) atoms. The molecule has 2 rings (SSSR count). The van der Waals surface area contributed by atoms with Crippen molar-refractivity contribution in [3.8, 4) is 0 Å². The molecule has 1 unspecified atom stereocenters. The van der Waals surface area contributed by atoms with Gasteiger partial charge in [0.05, 0.1) is 0 Å². The van der Waals surface area contributed by atoms with E-state index in [0.717, 1.165) is 5.25 Å². The topological polar surface area (TPSA) is 12.4 Å². The van der Waals surface area contributed by atoms with E-state index in [1.54, 1.807) is 5.71 Å². The van der Waals surface area contributed by atoms with E-state index < -0.39 is 7.22 Å². The lowest BCUT2D eigenvalue weighted by molar-refractivity contribution is 0.704. The number of hydrogen-bond acceptors (Lipinski definition) is 2. The molecule has 0 heterocycles.